The van der Waals surface area contributed by atoms with E-state index in [0.717, 1.165) is 50.2 Å². The number of rotatable bonds is 8. The maximum atomic E-state index is 5.27. The molecule has 4 heteroatoms. The zero-order valence-corrected chi connectivity index (χ0v) is 34.2. The number of benzene rings is 8. The second-order valence-electron chi connectivity index (χ2n) is 15.8. The maximum Gasteiger partial charge on any atom is 0.164 e. The molecule has 11 rings (SSSR count). The lowest BCUT2D eigenvalue weighted by atomic mass is 9.67. The first-order valence-corrected chi connectivity index (χ1v) is 21.1. The highest BCUT2D eigenvalue weighted by molar-refractivity contribution is 5.90. The van der Waals surface area contributed by atoms with Gasteiger partial charge in [-0.25, -0.2) is 15.0 Å². The summed E-state index contributed by atoms with van der Waals surface area (Å²) in [5.41, 5.74) is 17.3. The summed E-state index contributed by atoms with van der Waals surface area (Å²) in [5.74, 6) is 1.89. The molecule has 1 aliphatic rings. The average Bonchev–Trinajstić information content (AvgIpc) is 3.65. The van der Waals surface area contributed by atoms with Crippen molar-refractivity contribution in [1.82, 2.24) is 19.9 Å². The van der Waals surface area contributed by atoms with Gasteiger partial charge in [0.15, 0.2) is 17.5 Å². The van der Waals surface area contributed by atoms with Gasteiger partial charge in [-0.2, -0.15) is 0 Å². The molecule has 0 N–H and O–H groups in total. The third kappa shape index (κ3) is 6.24. The topological polar surface area (TPSA) is 51.6 Å². The van der Waals surface area contributed by atoms with Crippen molar-refractivity contribution in [3.05, 3.63) is 253 Å². The normalized spacial score (nSPS) is 14.0. The van der Waals surface area contributed by atoms with E-state index in [1.54, 1.807) is 0 Å². The fourth-order valence-corrected chi connectivity index (χ4v) is 9.43. The Labute approximate surface area is 362 Å². The third-order valence-electron chi connectivity index (χ3n) is 12.3. The number of fused-ring (bicyclic) bond motifs is 3. The molecule has 0 bridgehead atoms. The van der Waals surface area contributed by atoms with Crippen LogP contribution >= 0.6 is 0 Å². The number of nitrogens with zero attached hydrogens (tertiary/aromatic N) is 4. The van der Waals surface area contributed by atoms with Crippen molar-refractivity contribution in [1.29, 1.82) is 0 Å². The third-order valence-corrected chi connectivity index (χ3v) is 12.3. The number of aryl methyl sites for hydroxylation is 1. The number of hydrogen-bond acceptors (Lipinski definition) is 4. The summed E-state index contributed by atoms with van der Waals surface area (Å²) in [7, 11) is 0. The highest BCUT2D eigenvalue weighted by Crippen LogP contribution is 2.57. The quantitative estimate of drug-likeness (QED) is 0.154. The van der Waals surface area contributed by atoms with E-state index in [1.807, 2.05) is 36.5 Å². The average molecular weight is 793 g/mol. The van der Waals surface area contributed by atoms with E-state index in [0.29, 0.717) is 17.5 Å². The van der Waals surface area contributed by atoms with E-state index in [9.17, 15) is 0 Å². The molecular formula is C58H40N4. The van der Waals surface area contributed by atoms with Gasteiger partial charge in [0.1, 0.15) is 0 Å². The van der Waals surface area contributed by atoms with Crippen LogP contribution in [0.2, 0.25) is 0 Å². The lowest BCUT2D eigenvalue weighted by Gasteiger charge is -2.34. The van der Waals surface area contributed by atoms with Gasteiger partial charge in [0.25, 0.3) is 0 Å². The Morgan fingerprint density at radius 3 is 1.47 bits per heavy atom. The van der Waals surface area contributed by atoms with Gasteiger partial charge in [0.05, 0.1) is 5.41 Å². The van der Waals surface area contributed by atoms with Gasteiger partial charge in [0, 0.05) is 34.1 Å². The predicted molar refractivity (Wildman–Crippen MR) is 252 cm³/mol. The summed E-state index contributed by atoms with van der Waals surface area (Å²) >= 11 is 0. The first-order valence-electron chi connectivity index (χ1n) is 21.1. The second kappa shape index (κ2) is 15.5. The van der Waals surface area contributed by atoms with E-state index >= 15 is 0 Å². The SMILES string of the molecule is Cc1ncccc1-c1ccccc1-c1ccc(C2(c3ccccc3)c3ccccc3-c3cc(-c4nc(-c5ccccc5)nc(-c5ccccc5-c5ccccc5)n4)ccc32)cc1. The van der Waals surface area contributed by atoms with Crippen molar-refractivity contribution in [2.75, 3.05) is 0 Å². The fourth-order valence-electron chi connectivity index (χ4n) is 9.43. The van der Waals surface area contributed by atoms with Crippen LogP contribution in [0.4, 0.5) is 0 Å². The molecule has 2 heterocycles. The van der Waals surface area contributed by atoms with Crippen molar-refractivity contribution in [3.8, 4) is 78.7 Å². The number of hydrogen-bond donors (Lipinski definition) is 0. The number of aromatic nitrogens is 4. The molecular weight excluding hydrogens is 753 g/mol. The first-order chi connectivity index (χ1) is 30.7. The Kier molecular flexibility index (Phi) is 9.24. The molecule has 8 aromatic carbocycles. The molecule has 0 fully saturated rings. The van der Waals surface area contributed by atoms with Gasteiger partial charge in [0.2, 0.25) is 0 Å². The Morgan fingerprint density at radius 2 is 0.774 bits per heavy atom. The molecule has 1 atom stereocenters. The number of pyridine rings is 1. The predicted octanol–water partition coefficient (Wildman–Crippen LogP) is 13.9. The summed E-state index contributed by atoms with van der Waals surface area (Å²) < 4.78 is 0. The Balaban J connectivity index is 1.09. The van der Waals surface area contributed by atoms with Crippen molar-refractivity contribution >= 4 is 0 Å². The summed E-state index contributed by atoms with van der Waals surface area (Å²) in [6, 6.07) is 77.6. The van der Waals surface area contributed by atoms with Gasteiger partial charge in [-0.1, -0.05) is 206 Å². The van der Waals surface area contributed by atoms with Gasteiger partial charge in [-0.15, -0.1) is 0 Å². The van der Waals surface area contributed by atoms with Crippen LogP contribution < -0.4 is 0 Å². The van der Waals surface area contributed by atoms with Crippen LogP contribution in [0.5, 0.6) is 0 Å². The van der Waals surface area contributed by atoms with E-state index in [1.165, 1.54) is 38.9 Å². The Hall–Kier alpha value is -8.08. The van der Waals surface area contributed by atoms with Crippen molar-refractivity contribution < 1.29 is 0 Å². The van der Waals surface area contributed by atoms with Gasteiger partial charge in [-0.05, 0) is 80.3 Å². The van der Waals surface area contributed by atoms with E-state index in [-0.39, 0.29) is 0 Å². The molecule has 0 saturated heterocycles. The summed E-state index contributed by atoms with van der Waals surface area (Å²) in [6.07, 6.45) is 1.86. The van der Waals surface area contributed by atoms with Crippen LogP contribution in [0, 0.1) is 6.92 Å². The van der Waals surface area contributed by atoms with Crippen LogP contribution in [0.1, 0.15) is 27.9 Å². The molecule has 1 aliphatic carbocycles. The molecule has 10 aromatic rings. The van der Waals surface area contributed by atoms with Crippen LogP contribution in [-0.4, -0.2) is 19.9 Å². The Bertz CT molecular complexity index is 3230. The highest BCUT2D eigenvalue weighted by atomic mass is 15.0. The minimum absolute atomic E-state index is 0.572. The van der Waals surface area contributed by atoms with Crippen LogP contribution in [-0.2, 0) is 5.41 Å². The second-order valence-corrected chi connectivity index (χ2v) is 15.8. The van der Waals surface area contributed by atoms with E-state index in [4.69, 9.17) is 15.0 Å². The minimum atomic E-state index is -0.572. The Morgan fingerprint density at radius 1 is 0.306 bits per heavy atom. The molecule has 0 spiro atoms. The molecule has 0 aliphatic heterocycles. The minimum Gasteiger partial charge on any atom is -0.261 e. The molecule has 0 saturated carbocycles. The molecule has 4 nitrogen and oxygen atoms in total. The monoisotopic (exact) mass is 792 g/mol. The summed E-state index contributed by atoms with van der Waals surface area (Å²) in [6.45, 7) is 2.08. The maximum absolute atomic E-state index is 5.27. The van der Waals surface area contributed by atoms with Gasteiger partial charge in [-0.3, -0.25) is 4.98 Å². The summed E-state index contributed by atoms with van der Waals surface area (Å²) in [4.78, 5) is 20.2. The van der Waals surface area contributed by atoms with Crippen molar-refractivity contribution in [2.45, 2.75) is 12.3 Å². The van der Waals surface area contributed by atoms with E-state index in [2.05, 4.69) is 200 Å². The van der Waals surface area contributed by atoms with Gasteiger partial charge >= 0.3 is 0 Å². The van der Waals surface area contributed by atoms with E-state index < -0.39 is 5.41 Å². The lowest BCUT2D eigenvalue weighted by Crippen LogP contribution is -2.28. The molecule has 62 heavy (non-hydrogen) atoms. The molecule has 0 amide bonds. The first kappa shape index (κ1) is 37.0. The molecule has 2 aromatic heterocycles. The van der Waals surface area contributed by atoms with Crippen LogP contribution in [0.3, 0.4) is 0 Å². The standard InChI is InChI=1S/C58H40N4/c1-39-46(29-17-37-59-39)49-26-13-11-24-47(49)41-31-34-45(35-32-41)58(44-22-9-4-10-23-44)53-30-16-15-27-50(53)52-38-43(33-36-54(52)58)56-60-55(42-20-7-3-8-21-42)61-57(62-56)51-28-14-12-25-48(51)40-18-5-2-6-19-40/h2-38H,1H3. The van der Waals surface area contributed by atoms with Crippen molar-refractivity contribution in [2.24, 2.45) is 0 Å². The van der Waals surface area contributed by atoms with Crippen molar-refractivity contribution in [3.63, 3.8) is 0 Å². The highest BCUT2D eigenvalue weighted by Gasteiger charge is 2.46. The molecule has 292 valence electrons. The zero-order valence-electron chi connectivity index (χ0n) is 34.2. The zero-order chi connectivity index (χ0) is 41.5. The van der Waals surface area contributed by atoms with Crippen LogP contribution in [0.25, 0.3) is 78.7 Å². The smallest absolute Gasteiger partial charge is 0.164 e. The molecule has 0 radical (unpaired) electrons. The molecule has 1 unspecified atom stereocenters. The summed E-state index contributed by atoms with van der Waals surface area (Å²) in [5, 5.41) is 0. The van der Waals surface area contributed by atoms with Crippen LogP contribution in [0.15, 0.2) is 225 Å². The lowest BCUT2D eigenvalue weighted by molar-refractivity contribution is 0.768. The largest absolute Gasteiger partial charge is 0.261 e. The fraction of sp³-hybridized carbons (Fsp3) is 0.0345. The van der Waals surface area contributed by atoms with Gasteiger partial charge < -0.3 is 0 Å².